The molecule has 0 unspecified atom stereocenters. The number of thiophene rings is 1. The second-order valence-corrected chi connectivity index (χ2v) is 7.99. The van der Waals surface area contributed by atoms with Crippen LogP contribution in [0.15, 0.2) is 41.8 Å². The van der Waals surface area contributed by atoms with Crippen LogP contribution in [0.3, 0.4) is 0 Å². The van der Waals surface area contributed by atoms with Crippen LogP contribution in [0.4, 0.5) is 5.00 Å². The van der Waals surface area contributed by atoms with Gasteiger partial charge in [0.2, 0.25) is 0 Å². The van der Waals surface area contributed by atoms with Crippen molar-refractivity contribution in [3.05, 3.63) is 57.9 Å². The van der Waals surface area contributed by atoms with E-state index in [1.807, 2.05) is 0 Å². The van der Waals surface area contributed by atoms with E-state index in [0.29, 0.717) is 33.0 Å². The maximum atomic E-state index is 12.7. The molecule has 2 heterocycles. The van der Waals surface area contributed by atoms with Crippen molar-refractivity contribution in [3.8, 4) is 16.9 Å². The highest BCUT2D eigenvalue weighted by molar-refractivity contribution is 7.15. The molecular formula is C19H12ClN3O4S2. The Bertz CT molecular complexity index is 1250. The molecule has 0 aliphatic rings. The van der Waals surface area contributed by atoms with E-state index in [1.54, 1.807) is 41.8 Å². The molecule has 2 aromatic heterocycles. The molecule has 0 aliphatic carbocycles. The number of carbonyl (C=O) groups is 2. The van der Waals surface area contributed by atoms with E-state index in [4.69, 9.17) is 16.3 Å². The van der Waals surface area contributed by atoms with E-state index in [1.165, 1.54) is 18.6 Å². The number of carboxylic acid groups (broad SMARTS) is 1. The highest BCUT2D eigenvalue weighted by Gasteiger charge is 2.22. The number of ether oxygens (including phenoxy) is 1. The van der Waals surface area contributed by atoms with Gasteiger partial charge in [0.15, 0.2) is 0 Å². The minimum Gasteiger partial charge on any atom is -0.495 e. The van der Waals surface area contributed by atoms with Gasteiger partial charge in [-0.1, -0.05) is 22.2 Å². The van der Waals surface area contributed by atoms with Crippen LogP contribution in [0.2, 0.25) is 5.02 Å². The summed E-state index contributed by atoms with van der Waals surface area (Å²) >= 11 is 8.42. The van der Waals surface area contributed by atoms with Crippen molar-refractivity contribution in [2.75, 3.05) is 12.4 Å². The number of anilines is 1. The third-order valence-electron chi connectivity index (χ3n) is 4.20. The number of hydrogen-bond donors (Lipinski definition) is 2. The van der Waals surface area contributed by atoms with Crippen LogP contribution in [0, 0.1) is 0 Å². The quantitative estimate of drug-likeness (QED) is 0.446. The van der Waals surface area contributed by atoms with Crippen LogP contribution in [-0.2, 0) is 0 Å². The van der Waals surface area contributed by atoms with Gasteiger partial charge < -0.3 is 15.2 Å². The molecule has 10 heteroatoms. The Morgan fingerprint density at radius 2 is 2.03 bits per heavy atom. The minimum absolute atomic E-state index is 0.00382. The van der Waals surface area contributed by atoms with E-state index in [0.717, 1.165) is 16.0 Å². The maximum Gasteiger partial charge on any atom is 0.339 e. The number of methoxy groups -OCH3 is 1. The fourth-order valence-corrected chi connectivity index (χ4v) is 4.49. The van der Waals surface area contributed by atoms with Crippen molar-refractivity contribution >= 4 is 61.6 Å². The molecule has 0 spiro atoms. The lowest BCUT2D eigenvalue weighted by Gasteiger charge is -2.08. The Kier molecular flexibility index (Phi) is 5.18. The summed E-state index contributed by atoms with van der Waals surface area (Å²) in [6.45, 7) is 0. The number of amides is 1. The number of aromatic carboxylic acids is 1. The Morgan fingerprint density at radius 3 is 2.79 bits per heavy atom. The van der Waals surface area contributed by atoms with Gasteiger partial charge in [-0.3, -0.25) is 4.79 Å². The first kappa shape index (κ1) is 19.3. The van der Waals surface area contributed by atoms with E-state index in [9.17, 15) is 14.7 Å². The molecule has 7 nitrogen and oxygen atoms in total. The van der Waals surface area contributed by atoms with E-state index in [-0.39, 0.29) is 10.6 Å². The molecule has 4 aromatic rings. The van der Waals surface area contributed by atoms with E-state index >= 15 is 0 Å². The summed E-state index contributed by atoms with van der Waals surface area (Å²) in [4.78, 5) is 24.6. The van der Waals surface area contributed by atoms with Crippen molar-refractivity contribution in [2.24, 2.45) is 0 Å². The van der Waals surface area contributed by atoms with Crippen LogP contribution >= 0.6 is 34.5 Å². The number of aromatic nitrogens is 2. The predicted molar refractivity (Wildman–Crippen MR) is 114 cm³/mol. The lowest BCUT2D eigenvalue weighted by atomic mass is 10.0. The number of halogens is 1. The summed E-state index contributed by atoms with van der Waals surface area (Å²) in [5.41, 5.74) is 2.07. The second-order valence-electron chi connectivity index (χ2n) is 5.92. The summed E-state index contributed by atoms with van der Waals surface area (Å²) in [6, 6.07) is 10.0. The fourth-order valence-electron chi connectivity index (χ4n) is 2.80. The summed E-state index contributed by atoms with van der Waals surface area (Å²) < 4.78 is 9.92. The molecule has 0 aliphatic heterocycles. The van der Waals surface area contributed by atoms with Gasteiger partial charge >= 0.3 is 5.97 Å². The zero-order chi connectivity index (χ0) is 20.5. The first-order valence-corrected chi connectivity index (χ1v) is 10.2. The number of hydrogen-bond acceptors (Lipinski definition) is 7. The number of fused-ring (bicyclic) bond motifs is 1. The largest absolute Gasteiger partial charge is 0.495 e. The van der Waals surface area contributed by atoms with E-state index in [2.05, 4.69) is 14.9 Å². The molecule has 4 rings (SSSR count). The average molecular weight is 446 g/mol. The van der Waals surface area contributed by atoms with Gasteiger partial charge in [-0.2, -0.15) is 0 Å². The Hall–Kier alpha value is -3.01. The minimum atomic E-state index is -1.15. The zero-order valence-electron chi connectivity index (χ0n) is 14.8. The fraction of sp³-hybridized carbons (Fsp3) is 0.0526. The molecule has 0 saturated heterocycles. The summed E-state index contributed by atoms with van der Waals surface area (Å²) in [5, 5.41) is 18.7. The van der Waals surface area contributed by atoms with Crippen LogP contribution in [0.5, 0.6) is 5.75 Å². The lowest BCUT2D eigenvalue weighted by Crippen LogP contribution is -2.13. The molecule has 146 valence electrons. The van der Waals surface area contributed by atoms with Gasteiger partial charge in [-0.15, -0.1) is 16.4 Å². The average Bonchev–Trinajstić information content (AvgIpc) is 3.34. The maximum absolute atomic E-state index is 12.7. The van der Waals surface area contributed by atoms with Gasteiger partial charge in [0.25, 0.3) is 5.91 Å². The molecule has 0 fully saturated rings. The van der Waals surface area contributed by atoms with Crippen LogP contribution in [0.25, 0.3) is 21.3 Å². The lowest BCUT2D eigenvalue weighted by molar-refractivity contribution is 0.0699. The number of nitrogens with one attached hydrogen (secondary N) is 1. The van der Waals surface area contributed by atoms with Crippen LogP contribution < -0.4 is 10.1 Å². The highest BCUT2D eigenvalue weighted by atomic mass is 35.5. The van der Waals surface area contributed by atoms with Crippen molar-refractivity contribution in [1.29, 1.82) is 0 Å². The third-order valence-corrected chi connectivity index (χ3v) is 6.12. The first-order chi connectivity index (χ1) is 14.0. The second kappa shape index (κ2) is 7.78. The Balaban J connectivity index is 1.69. The molecule has 0 bridgehead atoms. The monoisotopic (exact) mass is 445 g/mol. The molecule has 0 atom stereocenters. The number of nitrogens with zero attached hydrogens (tertiary/aromatic N) is 2. The first-order valence-electron chi connectivity index (χ1n) is 8.20. The number of benzene rings is 2. The molecule has 0 radical (unpaired) electrons. The van der Waals surface area contributed by atoms with Crippen LogP contribution in [-0.4, -0.2) is 33.7 Å². The predicted octanol–water partition coefficient (Wildman–Crippen LogP) is 5.03. The Morgan fingerprint density at radius 1 is 1.21 bits per heavy atom. The van der Waals surface area contributed by atoms with Crippen molar-refractivity contribution in [3.63, 3.8) is 0 Å². The van der Waals surface area contributed by atoms with Crippen molar-refractivity contribution in [1.82, 2.24) is 9.59 Å². The van der Waals surface area contributed by atoms with Gasteiger partial charge in [0, 0.05) is 16.5 Å². The van der Waals surface area contributed by atoms with E-state index < -0.39 is 11.9 Å². The van der Waals surface area contributed by atoms with Gasteiger partial charge in [-0.05, 0) is 47.4 Å². The van der Waals surface area contributed by atoms with Crippen LogP contribution in [0.1, 0.15) is 20.7 Å². The van der Waals surface area contributed by atoms with Crippen molar-refractivity contribution in [2.45, 2.75) is 0 Å². The molecule has 2 aromatic carbocycles. The smallest absolute Gasteiger partial charge is 0.339 e. The number of rotatable bonds is 5. The van der Waals surface area contributed by atoms with Crippen molar-refractivity contribution < 1.29 is 19.4 Å². The normalized spacial score (nSPS) is 10.8. The highest BCUT2D eigenvalue weighted by Crippen LogP contribution is 2.38. The molecule has 0 saturated carbocycles. The topological polar surface area (TPSA) is 101 Å². The molecule has 1 amide bonds. The van der Waals surface area contributed by atoms with Gasteiger partial charge in [0.1, 0.15) is 21.8 Å². The molecule has 29 heavy (non-hydrogen) atoms. The molecular weight excluding hydrogens is 434 g/mol. The SMILES string of the molecule is COc1cc(-c2csc(NC(=O)c3ccc4snnc4c3)c2C(=O)O)ccc1Cl. The zero-order valence-corrected chi connectivity index (χ0v) is 17.2. The molecule has 2 N–H and O–H groups in total. The number of carboxylic acids is 1. The standard InChI is InChI=1S/C19H12ClN3O4S2/c1-27-14-7-9(2-4-12(14)20)11-8-28-18(16(11)19(25)26)21-17(24)10-3-5-15-13(6-10)22-23-29-15/h2-8H,1H3,(H,21,24)(H,25,26). The number of carbonyl (C=O) groups excluding carboxylic acids is 1. The third kappa shape index (κ3) is 3.67. The summed E-state index contributed by atoms with van der Waals surface area (Å²) in [5.74, 6) is -1.14. The summed E-state index contributed by atoms with van der Waals surface area (Å²) in [6.07, 6.45) is 0. The van der Waals surface area contributed by atoms with Gasteiger partial charge in [0.05, 0.1) is 16.8 Å². The summed E-state index contributed by atoms with van der Waals surface area (Å²) in [7, 11) is 1.48. The van der Waals surface area contributed by atoms with Gasteiger partial charge in [-0.25, -0.2) is 4.79 Å². The Labute approximate surface area is 177 Å².